The molecular formula is C29H17NO2. The summed E-state index contributed by atoms with van der Waals surface area (Å²) in [5.41, 5.74) is 7.88. The lowest BCUT2D eigenvalue weighted by Gasteiger charge is -2.06. The molecule has 0 atom stereocenters. The fraction of sp³-hybridized carbons (Fsp3) is 0. The van der Waals surface area contributed by atoms with Crippen LogP contribution in [-0.2, 0) is 0 Å². The number of fused-ring (bicyclic) bond motifs is 7. The van der Waals surface area contributed by atoms with Gasteiger partial charge in [-0.25, -0.2) is 0 Å². The Kier molecular flexibility index (Phi) is 3.55. The van der Waals surface area contributed by atoms with E-state index in [-0.39, 0.29) is 0 Å². The van der Waals surface area contributed by atoms with Crippen molar-refractivity contribution in [1.82, 2.24) is 4.98 Å². The van der Waals surface area contributed by atoms with Gasteiger partial charge in [0, 0.05) is 39.5 Å². The van der Waals surface area contributed by atoms with Gasteiger partial charge >= 0.3 is 0 Å². The molecule has 0 aliphatic rings. The summed E-state index contributed by atoms with van der Waals surface area (Å²) in [6, 6.07) is 31.1. The van der Waals surface area contributed by atoms with Crippen LogP contribution in [0.5, 0.6) is 0 Å². The van der Waals surface area contributed by atoms with Crippen molar-refractivity contribution >= 4 is 43.9 Å². The van der Waals surface area contributed by atoms with Gasteiger partial charge in [0.05, 0.1) is 0 Å². The van der Waals surface area contributed by atoms with Crippen LogP contribution >= 0.6 is 0 Å². The van der Waals surface area contributed by atoms with Crippen LogP contribution in [-0.4, -0.2) is 4.98 Å². The second kappa shape index (κ2) is 6.56. The van der Waals surface area contributed by atoms with Gasteiger partial charge in [-0.05, 0) is 41.0 Å². The van der Waals surface area contributed by atoms with Crippen molar-refractivity contribution in [2.45, 2.75) is 0 Å². The molecule has 0 saturated carbocycles. The van der Waals surface area contributed by atoms with E-state index in [2.05, 4.69) is 65.6 Å². The molecule has 0 fully saturated rings. The second-order valence-electron chi connectivity index (χ2n) is 8.02. The Bertz CT molecular complexity index is 1760. The molecule has 3 heteroatoms. The van der Waals surface area contributed by atoms with Crippen molar-refractivity contribution in [3.8, 4) is 22.3 Å². The smallest absolute Gasteiger partial charge is 0.144 e. The molecule has 7 aromatic rings. The molecule has 150 valence electrons. The minimum absolute atomic E-state index is 0.872. The molecule has 7 rings (SSSR count). The molecule has 4 aromatic carbocycles. The third-order valence-electron chi connectivity index (χ3n) is 6.18. The van der Waals surface area contributed by atoms with E-state index in [0.717, 1.165) is 66.1 Å². The largest absolute Gasteiger partial charge is 0.456 e. The minimum atomic E-state index is 0.872. The number of hydrogen-bond donors (Lipinski definition) is 0. The van der Waals surface area contributed by atoms with E-state index in [1.165, 1.54) is 0 Å². The monoisotopic (exact) mass is 411 g/mol. The number of benzene rings is 4. The maximum atomic E-state index is 6.43. The van der Waals surface area contributed by atoms with Crippen molar-refractivity contribution < 1.29 is 8.83 Å². The lowest BCUT2D eigenvalue weighted by molar-refractivity contribution is 0.664. The first-order valence-corrected chi connectivity index (χ1v) is 10.6. The summed E-state index contributed by atoms with van der Waals surface area (Å²) in [7, 11) is 0. The van der Waals surface area contributed by atoms with Gasteiger partial charge in [-0.3, -0.25) is 4.98 Å². The summed E-state index contributed by atoms with van der Waals surface area (Å²) >= 11 is 0. The molecule has 0 spiro atoms. The molecule has 0 radical (unpaired) electrons. The Labute approximate surface area is 183 Å². The first-order valence-electron chi connectivity index (χ1n) is 10.6. The van der Waals surface area contributed by atoms with Crippen molar-refractivity contribution in [3.05, 3.63) is 103 Å². The predicted octanol–water partition coefficient (Wildman–Crippen LogP) is 8.21. The number of hydrogen-bond acceptors (Lipinski definition) is 3. The zero-order chi connectivity index (χ0) is 21.1. The first kappa shape index (κ1) is 17.3. The normalized spacial score (nSPS) is 11.8. The summed E-state index contributed by atoms with van der Waals surface area (Å²) in [6.07, 6.45) is 3.67. The van der Waals surface area contributed by atoms with Gasteiger partial charge in [0.1, 0.15) is 22.3 Å². The van der Waals surface area contributed by atoms with Gasteiger partial charge in [-0.1, -0.05) is 66.7 Å². The third kappa shape index (κ3) is 2.45. The van der Waals surface area contributed by atoms with E-state index in [1.54, 1.807) is 6.20 Å². The zero-order valence-electron chi connectivity index (χ0n) is 17.1. The van der Waals surface area contributed by atoms with Gasteiger partial charge in [-0.15, -0.1) is 0 Å². The summed E-state index contributed by atoms with van der Waals surface area (Å²) in [5, 5.41) is 4.43. The molecule has 0 aliphatic carbocycles. The van der Waals surface area contributed by atoms with Crippen LogP contribution in [0, 0.1) is 0 Å². The topological polar surface area (TPSA) is 39.2 Å². The molecule has 0 saturated heterocycles. The number of pyridine rings is 1. The Morgan fingerprint density at radius 1 is 0.531 bits per heavy atom. The van der Waals surface area contributed by atoms with E-state index in [1.807, 2.05) is 36.5 Å². The van der Waals surface area contributed by atoms with Crippen LogP contribution in [0.1, 0.15) is 0 Å². The minimum Gasteiger partial charge on any atom is -0.456 e. The number of aromatic nitrogens is 1. The number of rotatable bonds is 2. The number of nitrogens with zero attached hydrogens (tertiary/aromatic N) is 1. The highest BCUT2D eigenvalue weighted by Crippen LogP contribution is 2.44. The fourth-order valence-electron chi connectivity index (χ4n) is 4.69. The standard InChI is InChI=1S/C29H17NO2/c1-3-9-24-21(7-1)27-26(31-24)16-23(29-28(27)22-8-2-4-10-25(22)32-29)19-13-11-18(12-14-19)20-6-5-15-30-17-20/h1-17H. The van der Waals surface area contributed by atoms with E-state index < -0.39 is 0 Å². The molecule has 32 heavy (non-hydrogen) atoms. The highest BCUT2D eigenvalue weighted by Gasteiger charge is 2.20. The maximum absolute atomic E-state index is 6.43. The molecule has 3 aromatic heterocycles. The van der Waals surface area contributed by atoms with Crippen LogP contribution in [0.15, 0.2) is 112 Å². The Morgan fingerprint density at radius 3 is 1.97 bits per heavy atom. The summed E-state index contributed by atoms with van der Waals surface area (Å²) in [5.74, 6) is 0. The van der Waals surface area contributed by atoms with Crippen LogP contribution in [0.2, 0.25) is 0 Å². The zero-order valence-corrected chi connectivity index (χ0v) is 17.1. The van der Waals surface area contributed by atoms with Crippen molar-refractivity contribution in [3.63, 3.8) is 0 Å². The van der Waals surface area contributed by atoms with Crippen LogP contribution in [0.25, 0.3) is 66.1 Å². The Morgan fingerprint density at radius 2 is 1.22 bits per heavy atom. The predicted molar refractivity (Wildman–Crippen MR) is 130 cm³/mol. The molecule has 0 amide bonds. The van der Waals surface area contributed by atoms with Crippen LogP contribution in [0.3, 0.4) is 0 Å². The fourth-order valence-corrected chi connectivity index (χ4v) is 4.69. The van der Waals surface area contributed by atoms with Crippen LogP contribution in [0.4, 0.5) is 0 Å². The molecule has 3 heterocycles. The first-order chi connectivity index (χ1) is 15.9. The molecule has 0 aliphatic heterocycles. The molecule has 3 nitrogen and oxygen atoms in total. The van der Waals surface area contributed by atoms with Gasteiger partial charge in [0.25, 0.3) is 0 Å². The lowest BCUT2D eigenvalue weighted by atomic mass is 9.97. The number of furan rings is 2. The highest BCUT2D eigenvalue weighted by atomic mass is 16.3. The Balaban J connectivity index is 1.55. The quantitative estimate of drug-likeness (QED) is 0.288. The number of para-hydroxylation sites is 2. The molecular weight excluding hydrogens is 394 g/mol. The van der Waals surface area contributed by atoms with E-state index >= 15 is 0 Å². The molecule has 0 bridgehead atoms. The molecule has 0 unspecified atom stereocenters. The second-order valence-corrected chi connectivity index (χ2v) is 8.02. The van der Waals surface area contributed by atoms with Gasteiger partial charge in [0.2, 0.25) is 0 Å². The SMILES string of the molecule is c1cncc(-c2ccc(-c3cc4oc5ccccc5c4c4c3oc3ccccc34)cc2)c1. The summed E-state index contributed by atoms with van der Waals surface area (Å²) < 4.78 is 12.7. The van der Waals surface area contributed by atoms with E-state index in [9.17, 15) is 0 Å². The average molecular weight is 411 g/mol. The van der Waals surface area contributed by atoms with Crippen molar-refractivity contribution in [2.24, 2.45) is 0 Å². The van der Waals surface area contributed by atoms with E-state index in [4.69, 9.17) is 8.83 Å². The average Bonchev–Trinajstić information content (AvgIpc) is 3.42. The van der Waals surface area contributed by atoms with Crippen molar-refractivity contribution in [1.29, 1.82) is 0 Å². The lowest BCUT2D eigenvalue weighted by Crippen LogP contribution is -1.83. The van der Waals surface area contributed by atoms with Crippen LogP contribution < -0.4 is 0 Å². The Hall–Kier alpha value is -4.37. The van der Waals surface area contributed by atoms with Gasteiger partial charge in [0.15, 0.2) is 0 Å². The highest BCUT2D eigenvalue weighted by molar-refractivity contribution is 6.28. The van der Waals surface area contributed by atoms with Gasteiger partial charge in [-0.2, -0.15) is 0 Å². The van der Waals surface area contributed by atoms with Crippen molar-refractivity contribution in [2.75, 3.05) is 0 Å². The molecule has 0 N–H and O–H groups in total. The maximum Gasteiger partial charge on any atom is 0.144 e. The summed E-state index contributed by atoms with van der Waals surface area (Å²) in [4.78, 5) is 4.23. The summed E-state index contributed by atoms with van der Waals surface area (Å²) in [6.45, 7) is 0. The van der Waals surface area contributed by atoms with Gasteiger partial charge < -0.3 is 8.83 Å². The third-order valence-corrected chi connectivity index (χ3v) is 6.18. The van der Waals surface area contributed by atoms with E-state index in [0.29, 0.717) is 0 Å².